The van der Waals surface area contributed by atoms with E-state index in [1.54, 1.807) is 30.5 Å². The fourth-order valence-electron chi connectivity index (χ4n) is 4.17. The Hall–Kier alpha value is -3.62. The molecule has 2 aromatic heterocycles. The Kier molecular flexibility index (Phi) is 6.10. The van der Waals surface area contributed by atoms with Crippen molar-refractivity contribution in [3.63, 3.8) is 0 Å². The lowest BCUT2D eigenvalue weighted by atomic mass is 9.95. The minimum atomic E-state index is -0.700. The van der Waals surface area contributed by atoms with Gasteiger partial charge in [0, 0.05) is 24.2 Å². The molecule has 2 amide bonds. The monoisotopic (exact) mass is 493 g/mol. The average Bonchev–Trinajstić information content (AvgIpc) is 3.74. The molecule has 36 heavy (non-hydrogen) atoms. The van der Waals surface area contributed by atoms with Crippen LogP contribution in [0.15, 0.2) is 36.7 Å². The smallest absolute Gasteiger partial charge is 0.275 e. The predicted molar refractivity (Wildman–Crippen MR) is 131 cm³/mol. The average molecular weight is 494 g/mol. The van der Waals surface area contributed by atoms with E-state index in [-0.39, 0.29) is 35.8 Å². The number of halogens is 2. The van der Waals surface area contributed by atoms with Crippen LogP contribution >= 0.6 is 0 Å². The molecule has 0 spiro atoms. The third kappa shape index (κ3) is 5.01. The lowest BCUT2D eigenvalue weighted by molar-refractivity contribution is -0.117. The van der Waals surface area contributed by atoms with Gasteiger partial charge in [-0.3, -0.25) is 14.3 Å². The summed E-state index contributed by atoms with van der Waals surface area (Å²) in [6.45, 7) is 5.64. The molecule has 2 N–H and O–H groups in total. The van der Waals surface area contributed by atoms with E-state index in [9.17, 15) is 14.0 Å². The molecule has 2 aliphatic carbocycles. The Bertz CT molecular complexity index is 1340. The first-order valence-electron chi connectivity index (χ1n) is 12.2. The molecule has 9 heteroatoms. The molecule has 0 bridgehead atoms. The first-order chi connectivity index (χ1) is 17.1. The van der Waals surface area contributed by atoms with Crippen molar-refractivity contribution in [1.82, 2.24) is 20.1 Å². The number of benzene rings is 1. The van der Waals surface area contributed by atoms with Gasteiger partial charge >= 0.3 is 0 Å². The van der Waals surface area contributed by atoms with Crippen LogP contribution in [0.2, 0.25) is 0 Å². The highest BCUT2D eigenvalue weighted by molar-refractivity contribution is 5.94. The van der Waals surface area contributed by atoms with Gasteiger partial charge in [0.2, 0.25) is 5.91 Å². The quantitative estimate of drug-likeness (QED) is 0.477. The minimum absolute atomic E-state index is 0.0406. The molecule has 0 atom stereocenters. The number of hydrogen-bond acceptors (Lipinski definition) is 4. The topological polar surface area (TPSA) is 88.9 Å². The van der Waals surface area contributed by atoms with Gasteiger partial charge in [-0.05, 0) is 81.2 Å². The normalized spacial score (nSPS) is 15.6. The highest BCUT2D eigenvalue weighted by atomic mass is 19.1. The van der Waals surface area contributed by atoms with Crippen LogP contribution in [0.1, 0.15) is 74.0 Å². The third-order valence-corrected chi connectivity index (χ3v) is 6.54. The summed E-state index contributed by atoms with van der Waals surface area (Å²) in [6, 6.07) is 6.83. The molecular weight excluding hydrogens is 464 g/mol. The van der Waals surface area contributed by atoms with E-state index < -0.39 is 17.3 Å². The van der Waals surface area contributed by atoms with Crippen LogP contribution in [-0.2, 0) is 16.9 Å². The van der Waals surface area contributed by atoms with Crippen LogP contribution in [0.5, 0.6) is 0 Å². The lowest BCUT2D eigenvalue weighted by Gasteiger charge is -2.18. The number of rotatable bonds is 7. The van der Waals surface area contributed by atoms with Gasteiger partial charge in [0.25, 0.3) is 5.91 Å². The van der Waals surface area contributed by atoms with Crippen LogP contribution in [0, 0.1) is 17.6 Å². The van der Waals surface area contributed by atoms with Crippen LogP contribution in [-0.4, -0.2) is 26.6 Å². The first-order valence-corrected chi connectivity index (χ1v) is 12.2. The molecule has 3 aromatic rings. The Morgan fingerprint density at radius 1 is 1.11 bits per heavy atom. The number of pyridine rings is 1. The van der Waals surface area contributed by atoms with Gasteiger partial charge in [-0.1, -0.05) is 12.1 Å². The predicted octanol–water partition coefficient (Wildman–Crippen LogP) is 5.13. The Balaban J connectivity index is 1.36. The second kappa shape index (κ2) is 9.11. The highest BCUT2D eigenvalue weighted by Gasteiger charge is 2.32. The summed E-state index contributed by atoms with van der Waals surface area (Å²) in [5.41, 5.74) is 1.48. The van der Waals surface area contributed by atoms with Crippen LogP contribution < -0.4 is 10.6 Å². The number of hydrogen-bond donors (Lipinski definition) is 2. The van der Waals surface area contributed by atoms with Crippen molar-refractivity contribution in [2.24, 2.45) is 5.92 Å². The largest absolute Gasteiger partial charge is 0.346 e. The summed E-state index contributed by atoms with van der Waals surface area (Å²) in [6.07, 6.45) is 6.25. The number of amides is 2. The van der Waals surface area contributed by atoms with Gasteiger partial charge in [-0.25, -0.2) is 13.8 Å². The Labute approximate surface area is 208 Å². The minimum Gasteiger partial charge on any atom is -0.346 e. The van der Waals surface area contributed by atoms with E-state index in [1.165, 1.54) is 10.9 Å². The van der Waals surface area contributed by atoms with Gasteiger partial charge in [-0.2, -0.15) is 5.10 Å². The first kappa shape index (κ1) is 24.1. The standard InChI is InChI=1S/C27H29F2N5O2/c1-27(2,3)34-14-20(28)24(33-34)26(36)31-13-18-8-9-19(23(29)22(18)15-4-5-15)17-10-11-30-21(12-17)32-25(35)16-6-7-16/h8-12,14-16H,4-7,13H2,1-3H3,(H,31,36)(H,30,32,35). The second-order valence-corrected chi connectivity index (χ2v) is 10.6. The summed E-state index contributed by atoms with van der Waals surface area (Å²) < 4.78 is 31.6. The van der Waals surface area contributed by atoms with Crippen molar-refractivity contribution in [2.75, 3.05) is 5.32 Å². The van der Waals surface area contributed by atoms with E-state index in [0.717, 1.165) is 25.7 Å². The maximum Gasteiger partial charge on any atom is 0.275 e. The zero-order chi connectivity index (χ0) is 25.6. The van der Waals surface area contributed by atoms with Crippen LogP contribution in [0.25, 0.3) is 11.1 Å². The van der Waals surface area contributed by atoms with Gasteiger partial charge in [0.1, 0.15) is 11.6 Å². The number of carbonyl (C=O) groups is 2. The molecule has 2 heterocycles. The fraction of sp³-hybridized carbons (Fsp3) is 0.407. The maximum atomic E-state index is 15.8. The molecule has 0 unspecified atom stereocenters. The number of nitrogens with one attached hydrogen (secondary N) is 2. The van der Waals surface area contributed by atoms with E-state index in [4.69, 9.17) is 0 Å². The number of anilines is 1. The van der Waals surface area contributed by atoms with E-state index in [0.29, 0.717) is 28.1 Å². The number of aromatic nitrogens is 3. The van der Waals surface area contributed by atoms with E-state index in [2.05, 4.69) is 20.7 Å². The molecule has 2 fully saturated rings. The SMILES string of the molecule is CC(C)(C)n1cc(F)c(C(=O)NCc2ccc(-c3ccnc(NC(=O)C4CC4)c3)c(F)c2C2CC2)n1. The molecule has 1 aromatic carbocycles. The van der Waals surface area contributed by atoms with Crippen molar-refractivity contribution >= 4 is 17.6 Å². The fourth-order valence-corrected chi connectivity index (χ4v) is 4.17. The Morgan fingerprint density at radius 2 is 1.86 bits per heavy atom. The van der Waals surface area contributed by atoms with Gasteiger partial charge < -0.3 is 10.6 Å². The van der Waals surface area contributed by atoms with Crippen molar-refractivity contribution in [3.8, 4) is 11.1 Å². The molecule has 0 saturated heterocycles. The molecular formula is C27H29F2N5O2. The zero-order valence-electron chi connectivity index (χ0n) is 20.6. The third-order valence-electron chi connectivity index (χ3n) is 6.54. The molecule has 0 radical (unpaired) electrons. The molecule has 7 nitrogen and oxygen atoms in total. The molecule has 188 valence electrons. The molecule has 2 saturated carbocycles. The van der Waals surface area contributed by atoms with Gasteiger partial charge in [0.15, 0.2) is 11.5 Å². The van der Waals surface area contributed by atoms with Crippen molar-refractivity contribution in [2.45, 2.75) is 64.5 Å². The summed E-state index contributed by atoms with van der Waals surface area (Å²) in [5.74, 6) is -1.25. The summed E-state index contributed by atoms with van der Waals surface area (Å²) >= 11 is 0. The van der Waals surface area contributed by atoms with E-state index in [1.807, 2.05) is 20.8 Å². The zero-order valence-corrected chi connectivity index (χ0v) is 20.6. The van der Waals surface area contributed by atoms with Crippen LogP contribution in [0.4, 0.5) is 14.6 Å². The van der Waals surface area contributed by atoms with E-state index >= 15 is 4.39 Å². The highest BCUT2D eigenvalue weighted by Crippen LogP contribution is 2.45. The molecule has 2 aliphatic rings. The number of nitrogens with zero attached hydrogens (tertiary/aromatic N) is 3. The van der Waals surface area contributed by atoms with Gasteiger partial charge in [-0.15, -0.1) is 0 Å². The summed E-state index contributed by atoms with van der Waals surface area (Å²) in [5, 5.41) is 9.60. The Morgan fingerprint density at radius 3 is 2.50 bits per heavy atom. The van der Waals surface area contributed by atoms with Crippen molar-refractivity contribution in [3.05, 3.63) is 65.1 Å². The van der Waals surface area contributed by atoms with Crippen molar-refractivity contribution < 1.29 is 18.4 Å². The number of carbonyl (C=O) groups excluding carboxylic acids is 2. The van der Waals surface area contributed by atoms with Crippen molar-refractivity contribution in [1.29, 1.82) is 0 Å². The summed E-state index contributed by atoms with van der Waals surface area (Å²) in [7, 11) is 0. The van der Waals surface area contributed by atoms with Gasteiger partial charge in [0.05, 0.1) is 11.7 Å². The lowest BCUT2D eigenvalue weighted by Crippen LogP contribution is -2.27. The van der Waals surface area contributed by atoms with Crippen LogP contribution in [0.3, 0.4) is 0 Å². The second-order valence-electron chi connectivity index (χ2n) is 10.6. The maximum absolute atomic E-state index is 15.8. The molecule has 5 rings (SSSR count). The summed E-state index contributed by atoms with van der Waals surface area (Å²) in [4.78, 5) is 29.0. The molecule has 0 aliphatic heterocycles.